The third kappa shape index (κ3) is 8.20. The van der Waals surface area contributed by atoms with Crippen molar-refractivity contribution in [1.29, 1.82) is 0 Å². The minimum Gasteiger partial charge on any atom is -0.357 e. The Balaban J connectivity index is 0.00000338. The van der Waals surface area contributed by atoms with E-state index in [9.17, 15) is 4.79 Å². The Kier molecular flexibility index (Phi) is 11.1. The molecule has 0 aliphatic heterocycles. The molecule has 26 heavy (non-hydrogen) atoms. The Morgan fingerprint density at radius 1 is 1.23 bits per heavy atom. The van der Waals surface area contributed by atoms with Crippen LogP contribution in [0.25, 0.3) is 0 Å². The number of aromatic nitrogens is 1. The van der Waals surface area contributed by atoms with Crippen molar-refractivity contribution in [2.75, 3.05) is 13.1 Å². The van der Waals surface area contributed by atoms with Crippen molar-refractivity contribution in [3.63, 3.8) is 0 Å². The molecule has 0 radical (unpaired) electrons. The molecular formula is C18H32IN5OS. The van der Waals surface area contributed by atoms with Crippen LogP contribution in [0.4, 0.5) is 0 Å². The molecule has 2 rings (SSSR count). The highest BCUT2D eigenvalue weighted by Crippen LogP contribution is 2.17. The maximum absolute atomic E-state index is 12.1. The number of nitrogens with one attached hydrogen (secondary N) is 3. The van der Waals surface area contributed by atoms with E-state index in [0.717, 1.165) is 36.0 Å². The maximum atomic E-state index is 12.1. The van der Waals surface area contributed by atoms with Gasteiger partial charge < -0.3 is 16.0 Å². The van der Waals surface area contributed by atoms with Crippen LogP contribution in [0.3, 0.4) is 0 Å². The molecule has 1 fully saturated rings. The number of rotatable bonds is 7. The normalized spacial score (nSPS) is 15.3. The molecule has 0 spiro atoms. The fraction of sp³-hybridized carbons (Fsp3) is 0.722. The van der Waals surface area contributed by atoms with Gasteiger partial charge in [-0.2, -0.15) is 0 Å². The van der Waals surface area contributed by atoms with Gasteiger partial charge in [0, 0.05) is 30.4 Å². The first-order chi connectivity index (χ1) is 12.1. The highest BCUT2D eigenvalue weighted by Gasteiger charge is 2.15. The molecule has 148 valence electrons. The predicted molar refractivity (Wildman–Crippen MR) is 119 cm³/mol. The zero-order valence-corrected chi connectivity index (χ0v) is 19.2. The summed E-state index contributed by atoms with van der Waals surface area (Å²) in [6.07, 6.45) is 6.48. The first-order valence-electron chi connectivity index (χ1n) is 9.33. The smallest absolute Gasteiger partial charge is 0.221 e. The number of aryl methyl sites for hydroxylation is 2. The van der Waals surface area contributed by atoms with Crippen LogP contribution in [0.5, 0.6) is 0 Å². The van der Waals surface area contributed by atoms with Gasteiger partial charge in [0.15, 0.2) is 5.96 Å². The zero-order valence-electron chi connectivity index (χ0n) is 16.1. The Hall–Kier alpha value is -0.900. The van der Waals surface area contributed by atoms with E-state index in [0.29, 0.717) is 25.6 Å². The second-order valence-corrected chi connectivity index (χ2v) is 7.81. The van der Waals surface area contributed by atoms with Gasteiger partial charge in [-0.1, -0.05) is 19.3 Å². The number of hydrogen-bond donors (Lipinski definition) is 3. The largest absolute Gasteiger partial charge is 0.357 e. The standard InChI is InChI=1S/C18H31N5OS.HI/c1-4-19-18(21-12-17-22-13(2)14(3)25-17)20-11-10-16(24)23-15-8-6-5-7-9-15;/h15H,4-12H2,1-3H3,(H,23,24)(H2,19,20,21);1H. The first-order valence-corrected chi connectivity index (χ1v) is 10.1. The number of amides is 1. The Morgan fingerprint density at radius 3 is 2.58 bits per heavy atom. The van der Waals surface area contributed by atoms with Crippen LogP contribution in [-0.4, -0.2) is 36.0 Å². The van der Waals surface area contributed by atoms with Crippen molar-refractivity contribution in [3.8, 4) is 0 Å². The molecule has 1 amide bonds. The molecular weight excluding hydrogens is 461 g/mol. The van der Waals surface area contributed by atoms with Crippen LogP contribution >= 0.6 is 35.3 Å². The number of guanidine groups is 1. The summed E-state index contributed by atoms with van der Waals surface area (Å²) in [7, 11) is 0. The van der Waals surface area contributed by atoms with Crippen LogP contribution in [0, 0.1) is 13.8 Å². The first kappa shape index (κ1) is 23.1. The minimum atomic E-state index is 0. The number of carbonyl (C=O) groups excluding carboxylic acids is 1. The highest BCUT2D eigenvalue weighted by atomic mass is 127. The van der Waals surface area contributed by atoms with Crippen LogP contribution < -0.4 is 16.0 Å². The van der Waals surface area contributed by atoms with Crippen LogP contribution in [0.15, 0.2) is 4.99 Å². The summed E-state index contributed by atoms with van der Waals surface area (Å²) in [6, 6.07) is 0.375. The number of aliphatic imine (C=N–C) groups is 1. The number of carbonyl (C=O) groups is 1. The minimum absolute atomic E-state index is 0. The monoisotopic (exact) mass is 493 g/mol. The van der Waals surface area contributed by atoms with Crippen LogP contribution in [-0.2, 0) is 11.3 Å². The van der Waals surface area contributed by atoms with Gasteiger partial charge in [-0.15, -0.1) is 35.3 Å². The van der Waals surface area contributed by atoms with E-state index >= 15 is 0 Å². The number of halogens is 1. The average molecular weight is 493 g/mol. The maximum Gasteiger partial charge on any atom is 0.221 e. The summed E-state index contributed by atoms with van der Waals surface area (Å²) < 4.78 is 0. The lowest BCUT2D eigenvalue weighted by molar-refractivity contribution is -0.121. The van der Waals surface area contributed by atoms with Gasteiger partial charge in [0.1, 0.15) is 5.01 Å². The van der Waals surface area contributed by atoms with Crippen LogP contribution in [0.1, 0.15) is 61.0 Å². The molecule has 1 aromatic heterocycles. The van der Waals surface area contributed by atoms with Crippen molar-refractivity contribution in [2.45, 2.75) is 71.9 Å². The molecule has 0 aromatic carbocycles. The van der Waals surface area contributed by atoms with E-state index in [2.05, 4.69) is 32.9 Å². The molecule has 0 bridgehead atoms. The van der Waals surface area contributed by atoms with Crippen molar-refractivity contribution < 1.29 is 4.79 Å². The van der Waals surface area contributed by atoms with Crippen LogP contribution in [0.2, 0.25) is 0 Å². The van der Waals surface area contributed by atoms with Gasteiger partial charge >= 0.3 is 0 Å². The zero-order chi connectivity index (χ0) is 18.1. The second-order valence-electron chi connectivity index (χ2n) is 6.52. The van der Waals surface area contributed by atoms with Gasteiger partial charge in [-0.3, -0.25) is 4.79 Å². The number of hydrogen-bond acceptors (Lipinski definition) is 4. The van der Waals surface area contributed by atoms with Gasteiger partial charge in [0.2, 0.25) is 5.91 Å². The van der Waals surface area contributed by atoms with E-state index < -0.39 is 0 Å². The fourth-order valence-electron chi connectivity index (χ4n) is 2.94. The van der Waals surface area contributed by atoms with Gasteiger partial charge in [0.25, 0.3) is 0 Å². The van der Waals surface area contributed by atoms with Crippen molar-refractivity contribution in [1.82, 2.24) is 20.9 Å². The number of nitrogens with zero attached hydrogens (tertiary/aromatic N) is 2. The Morgan fingerprint density at radius 2 is 1.96 bits per heavy atom. The number of thiazole rings is 1. The lowest BCUT2D eigenvalue weighted by Crippen LogP contribution is -2.41. The molecule has 6 nitrogen and oxygen atoms in total. The van der Waals surface area contributed by atoms with E-state index in [1.54, 1.807) is 11.3 Å². The van der Waals surface area contributed by atoms with E-state index in [1.165, 1.54) is 24.1 Å². The highest BCUT2D eigenvalue weighted by molar-refractivity contribution is 14.0. The lowest BCUT2D eigenvalue weighted by atomic mass is 9.95. The van der Waals surface area contributed by atoms with E-state index in [-0.39, 0.29) is 29.9 Å². The van der Waals surface area contributed by atoms with Crippen molar-refractivity contribution in [3.05, 3.63) is 15.6 Å². The predicted octanol–water partition coefficient (Wildman–Crippen LogP) is 3.27. The molecule has 1 saturated carbocycles. The Labute approximate surface area is 178 Å². The molecule has 1 aliphatic carbocycles. The second kappa shape index (κ2) is 12.5. The molecule has 8 heteroatoms. The third-order valence-electron chi connectivity index (χ3n) is 4.40. The summed E-state index contributed by atoms with van der Waals surface area (Å²) in [5.41, 5.74) is 1.08. The molecule has 1 heterocycles. The Bertz CT molecular complexity index is 565. The van der Waals surface area contributed by atoms with E-state index in [4.69, 9.17) is 0 Å². The fourth-order valence-corrected chi connectivity index (χ4v) is 3.79. The van der Waals surface area contributed by atoms with Gasteiger partial charge in [-0.05, 0) is 33.6 Å². The molecule has 0 unspecified atom stereocenters. The quantitative estimate of drug-likeness (QED) is 0.310. The molecule has 1 aromatic rings. The van der Waals surface area contributed by atoms with E-state index in [1.807, 2.05) is 13.8 Å². The topological polar surface area (TPSA) is 78.4 Å². The molecule has 3 N–H and O–H groups in total. The summed E-state index contributed by atoms with van der Waals surface area (Å²) in [6.45, 7) is 8.06. The van der Waals surface area contributed by atoms with Crippen molar-refractivity contribution in [2.24, 2.45) is 4.99 Å². The van der Waals surface area contributed by atoms with Gasteiger partial charge in [0.05, 0.1) is 12.2 Å². The summed E-state index contributed by atoms with van der Waals surface area (Å²) in [5.74, 6) is 0.861. The van der Waals surface area contributed by atoms with Gasteiger partial charge in [-0.25, -0.2) is 9.98 Å². The summed E-state index contributed by atoms with van der Waals surface area (Å²) in [5, 5.41) is 10.6. The van der Waals surface area contributed by atoms with Crippen molar-refractivity contribution >= 4 is 47.2 Å². The third-order valence-corrected chi connectivity index (χ3v) is 5.46. The summed E-state index contributed by atoms with van der Waals surface area (Å²) in [4.78, 5) is 22.4. The summed E-state index contributed by atoms with van der Waals surface area (Å²) >= 11 is 1.68. The SMILES string of the molecule is CCNC(=NCc1nc(C)c(C)s1)NCCC(=O)NC1CCCCC1.I. The molecule has 0 atom stereocenters. The molecule has 0 saturated heterocycles. The lowest BCUT2D eigenvalue weighted by Gasteiger charge is -2.22. The average Bonchev–Trinajstić information content (AvgIpc) is 2.91. The molecule has 1 aliphatic rings.